The fourth-order valence-corrected chi connectivity index (χ4v) is 4.62. The quantitative estimate of drug-likeness (QED) is 0.661. The molecule has 8 nitrogen and oxygen atoms in total. The average Bonchev–Trinajstić information content (AvgIpc) is 2.68. The van der Waals surface area contributed by atoms with E-state index in [0.717, 1.165) is 24.2 Å². The van der Waals surface area contributed by atoms with Gasteiger partial charge in [0.05, 0.1) is 4.90 Å². The van der Waals surface area contributed by atoms with E-state index in [0.29, 0.717) is 24.5 Å². The molecule has 2 rings (SSSR count). The third kappa shape index (κ3) is 8.11. The summed E-state index contributed by atoms with van der Waals surface area (Å²) in [4.78, 5) is 23.3. The molecule has 0 atom stereocenters. The van der Waals surface area contributed by atoms with Crippen LogP contribution in [0, 0.1) is 13.8 Å². The molecule has 1 heterocycles. The van der Waals surface area contributed by atoms with Crippen LogP contribution in [-0.4, -0.2) is 80.1 Å². The van der Waals surface area contributed by atoms with Crippen molar-refractivity contribution in [3.8, 4) is 0 Å². The highest BCUT2D eigenvalue weighted by atomic mass is 32.2. The van der Waals surface area contributed by atoms with Crippen LogP contribution in [0.4, 0.5) is 13.2 Å². The zero-order valence-electron chi connectivity index (χ0n) is 17.7. The van der Waals surface area contributed by atoms with E-state index in [1.807, 2.05) is 13.0 Å². The topological polar surface area (TPSA) is 107 Å². The molecular weight excluding hydrogens is 439 g/mol. The van der Waals surface area contributed by atoms with Gasteiger partial charge in [0.2, 0.25) is 15.9 Å². The molecule has 2 N–H and O–H groups in total. The number of carbonyl (C=O) groups excluding carboxylic acids is 1. The minimum absolute atomic E-state index is 0.0192. The van der Waals surface area contributed by atoms with E-state index < -0.39 is 22.2 Å². The molecule has 0 aliphatic carbocycles. The molecule has 0 spiro atoms. The summed E-state index contributed by atoms with van der Waals surface area (Å²) in [6.07, 6.45) is -4.86. The Morgan fingerprint density at radius 1 is 1.19 bits per heavy atom. The van der Waals surface area contributed by atoms with Crippen LogP contribution in [0.3, 0.4) is 0 Å². The number of nitrogens with zero attached hydrogens (tertiary/aromatic N) is 2. The molecule has 12 heteroatoms. The summed E-state index contributed by atoms with van der Waals surface area (Å²) in [6.45, 7) is 9.08. The van der Waals surface area contributed by atoms with Gasteiger partial charge in [0, 0.05) is 45.7 Å². The molecule has 31 heavy (non-hydrogen) atoms. The Balaban J connectivity index is 0.000000592. The van der Waals surface area contributed by atoms with Crippen molar-refractivity contribution in [3.05, 3.63) is 29.3 Å². The lowest BCUT2D eigenvalue weighted by Gasteiger charge is -2.28. The first-order valence-electron chi connectivity index (χ1n) is 9.66. The highest BCUT2D eigenvalue weighted by Gasteiger charge is 2.38. The number of aryl methyl sites for hydroxylation is 2. The van der Waals surface area contributed by atoms with Gasteiger partial charge in [-0.05, 0) is 25.5 Å². The summed E-state index contributed by atoms with van der Waals surface area (Å²) >= 11 is 0. The molecule has 1 aromatic carbocycles. The second-order valence-corrected chi connectivity index (χ2v) is 8.86. The van der Waals surface area contributed by atoms with E-state index in [1.54, 1.807) is 30.9 Å². The average molecular weight is 468 g/mol. The van der Waals surface area contributed by atoms with E-state index in [4.69, 9.17) is 9.90 Å². The smallest absolute Gasteiger partial charge is 0.475 e. The Labute approximate surface area is 180 Å². The van der Waals surface area contributed by atoms with Gasteiger partial charge in [-0.1, -0.05) is 24.6 Å². The van der Waals surface area contributed by atoms with Gasteiger partial charge in [0.25, 0.3) is 0 Å². The maximum absolute atomic E-state index is 12.9. The summed E-state index contributed by atoms with van der Waals surface area (Å²) in [5.41, 5.74) is 1.77. The van der Waals surface area contributed by atoms with Gasteiger partial charge < -0.3 is 15.3 Å². The van der Waals surface area contributed by atoms with Crippen LogP contribution in [0.15, 0.2) is 23.1 Å². The first-order chi connectivity index (χ1) is 14.3. The molecule has 1 aliphatic rings. The number of aliphatic carboxylic acids is 1. The Morgan fingerprint density at radius 3 is 2.19 bits per heavy atom. The fraction of sp³-hybridized carbons (Fsp3) is 0.579. The van der Waals surface area contributed by atoms with Gasteiger partial charge in [-0.3, -0.25) is 4.79 Å². The number of sulfonamides is 1. The number of rotatable bonds is 6. The van der Waals surface area contributed by atoms with Gasteiger partial charge in [-0.2, -0.15) is 17.5 Å². The second-order valence-electron chi connectivity index (χ2n) is 6.95. The molecule has 1 saturated heterocycles. The van der Waals surface area contributed by atoms with Crippen molar-refractivity contribution < 1.29 is 36.3 Å². The number of benzene rings is 1. The van der Waals surface area contributed by atoms with Crippen LogP contribution in [0.5, 0.6) is 0 Å². The third-order valence-corrected chi connectivity index (χ3v) is 6.72. The number of alkyl halides is 3. The molecular formula is C19H28F3N3O5S. The number of hydrogen-bond acceptors (Lipinski definition) is 5. The standard InChI is InChI=1S/C17H27N3O3S.C2HF3O2/c1-4-20(10-7-17(21)19-11-8-18-9-12-19)24(22,23)16-6-5-14(2)13-15(16)3;3-2(4,5)1(6)7/h5-6,13,18H,4,7-12H2,1-3H3;(H,6,7). The van der Waals surface area contributed by atoms with Gasteiger partial charge in [-0.25, -0.2) is 13.2 Å². The van der Waals surface area contributed by atoms with E-state index in [1.165, 1.54) is 4.31 Å². The van der Waals surface area contributed by atoms with Crippen molar-refractivity contribution in [1.82, 2.24) is 14.5 Å². The van der Waals surface area contributed by atoms with E-state index >= 15 is 0 Å². The van der Waals surface area contributed by atoms with Gasteiger partial charge in [0.1, 0.15) is 0 Å². The zero-order chi connectivity index (χ0) is 23.8. The van der Waals surface area contributed by atoms with Gasteiger partial charge in [-0.15, -0.1) is 0 Å². The number of carboxylic acids is 1. The molecule has 0 radical (unpaired) electrons. The number of halogens is 3. The fourth-order valence-electron chi connectivity index (χ4n) is 2.97. The molecule has 1 aromatic rings. The maximum atomic E-state index is 12.9. The SMILES string of the molecule is CCN(CCC(=O)N1CCNCC1)S(=O)(=O)c1ccc(C)cc1C.O=C(O)C(F)(F)F. The molecule has 0 unspecified atom stereocenters. The van der Waals surface area contributed by atoms with E-state index in [2.05, 4.69) is 5.32 Å². The largest absolute Gasteiger partial charge is 0.490 e. The molecule has 0 bridgehead atoms. The molecule has 1 amide bonds. The van der Waals surface area contributed by atoms with Crippen LogP contribution >= 0.6 is 0 Å². The second kappa shape index (κ2) is 11.4. The van der Waals surface area contributed by atoms with Crippen molar-refractivity contribution >= 4 is 21.9 Å². The lowest BCUT2D eigenvalue weighted by atomic mass is 10.2. The number of amides is 1. The number of carboxylic acid groups (broad SMARTS) is 1. The van der Waals surface area contributed by atoms with Crippen molar-refractivity contribution in [3.63, 3.8) is 0 Å². The van der Waals surface area contributed by atoms with E-state index in [9.17, 15) is 26.4 Å². The monoisotopic (exact) mass is 467 g/mol. The first kappa shape index (κ1) is 26.9. The summed E-state index contributed by atoms with van der Waals surface area (Å²) in [7, 11) is -3.57. The molecule has 0 saturated carbocycles. The summed E-state index contributed by atoms with van der Waals surface area (Å²) in [5, 5.41) is 10.3. The highest BCUT2D eigenvalue weighted by Crippen LogP contribution is 2.21. The Hall–Kier alpha value is -2.18. The zero-order valence-corrected chi connectivity index (χ0v) is 18.5. The minimum atomic E-state index is -5.08. The van der Waals surface area contributed by atoms with Crippen LogP contribution in [0.2, 0.25) is 0 Å². The van der Waals surface area contributed by atoms with Crippen molar-refractivity contribution in [2.75, 3.05) is 39.3 Å². The van der Waals surface area contributed by atoms with Gasteiger partial charge >= 0.3 is 12.1 Å². The highest BCUT2D eigenvalue weighted by molar-refractivity contribution is 7.89. The normalized spacial score (nSPS) is 14.7. The summed E-state index contributed by atoms with van der Waals surface area (Å²) in [5.74, 6) is -2.74. The van der Waals surface area contributed by atoms with Crippen molar-refractivity contribution in [2.24, 2.45) is 0 Å². The predicted octanol–water partition coefficient (Wildman–Crippen LogP) is 1.77. The minimum Gasteiger partial charge on any atom is -0.475 e. The number of piperazine rings is 1. The summed E-state index contributed by atoms with van der Waals surface area (Å²) in [6, 6.07) is 5.33. The van der Waals surface area contributed by atoms with Crippen molar-refractivity contribution in [2.45, 2.75) is 38.3 Å². The molecule has 1 aliphatic heterocycles. The molecule has 176 valence electrons. The third-order valence-electron chi connectivity index (χ3n) is 4.59. The van der Waals surface area contributed by atoms with Crippen LogP contribution in [0.25, 0.3) is 0 Å². The first-order valence-corrected chi connectivity index (χ1v) is 11.1. The Kier molecular flexibility index (Phi) is 9.91. The number of nitrogens with one attached hydrogen (secondary N) is 1. The molecule has 0 aromatic heterocycles. The Bertz CT molecular complexity index is 869. The van der Waals surface area contributed by atoms with Gasteiger partial charge in [0.15, 0.2) is 0 Å². The van der Waals surface area contributed by atoms with Crippen LogP contribution in [0.1, 0.15) is 24.5 Å². The van der Waals surface area contributed by atoms with Crippen molar-refractivity contribution in [1.29, 1.82) is 0 Å². The molecule has 1 fully saturated rings. The predicted molar refractivity (Wildman–Crippen MR) is 108 cm³/mol. The van der Waals surface area contributed by atoms with E-state index in [-0.39, 0.29) is 18.9 Å². The number of carbonyl (C=O) groups is 2. The lowest BCUT2D eigenvalue weighted by molar-refractivity contribution is -0.192. The maximum Gasteiger partial charge on any atom is 0.490 e. The number of hydrogen-bond donors (Lipinski definition) is 2. The van der Waals surface area contributed by atoms with Crippen LogP contribution in [-0.2, 0) is 19.6 Å². The summed E-state index contributed by atoms with van der Waals surface area (Å²) < 4.78 is 58.9. The van der Waals surface area contributed by atoms with Crippen LogP contribution < -0.4 is 5.32 Å². The Morgan fingerprint density at radius 2 is 1.74 bits per heavy atom. The lowest BCUT2D eigenvalue weighted by Crippen LogP contribution is -2.47.